The molecule has 1 fully saturated rings. The summed E-state index contributed by atoms with van der Waals surface area (Å²) in [4.78, 5) is 6.65. The number of nitrogens with one attached hydrogen (secondary N) is 1. The minimum absolute atomic E-state index is 0.279. The molecule has 1 atom stereocenters. The average molecular weight is 365 g/mol. The number of aromatic nitrogens is 3. The molecule has 6 heteroatoms. The van der Waals surface area contributed by atoms with Gasteiger partial charge >= 0.3 is 0 Å². The highest BCUT2D eigenvalue weighted by molar-refractivity contribution is 5.61. The lowest BCUT2D eigenvalue weighted by Gasteiger charge is -2.33. The largest absolute Gasteiger partial charge is 0.468 e. The third-order valence-corrected chi connectivity index (χ3v) is 5.21. The van der Waals surface area contributed by atoms with Crippen LogP contribution >= 0.6 is 0 Å². The Hall–Kier alpha value is -2.44. The first-order valence-corrected chi connectivity index (χ1v) is 9.72. The molecule has 1 unspecified atom stereocenters. The van der Waals surface area contributed by atoms with Crippen LogP contribution < -0.4 is 5.32 Å². The molecule has 0 amide bonds. The summed E-state index contributed by atoms with van der Waals surface area (Å²) in [5, 5.41) is 8.28. The first kappa shape index (κ1) is 17.9. The predicted octanol–water partition coefficient (Wildman–Crippen LogP) is 3.39. The number of likely N-dealkylation sites (tertiary alicyclic amines) is 1. The minimum Gasteiger partial charge on any atom is -0.468 e. The maximum Gasteiger partial charge on any atom is 0.122 e. The smallest absolute Gasteiger partial charge is 0.122 e. The Bertz CT molecular complexity index is 822. The fraction of sp³-hybridized carbons (Fsp3) is 0.429. The zero-order chi connectivity index (χ0) is 18.5. The molecular formula is C21H27N5O. The van der Waals surface area contributed by atoms with Gasteiger partial charge in [-0.3, -0.25) is 14.6 Å². The molecule has 4 rings (SSSR count). The van der Waals surface area contributed by atoms with Crippen molar-refractivity contribution >= 4 is 0 Å². The van der Waals surface area contributed by atoms with Crippen LogP contribution in [0.3, 0.4) is 0 Å². The molecule has 4 heterocycles. The van der Waals surface area contributed by atoms with E-state index in [0.717, 1.165) is 43.2 Å². The summed E-state index contributed by atoms with van der Waals surface area (Å²) >= 11 is 0. The summed E-state index contributed by atoms with van der Waals surface area (Å²) in [6.07, 6.45) is 11.4. The number of rotatable bonds is 7. The zero-order valence-corrected chi connectivity index (χ0v) is 15.8. The highest BCUT2D eigenvalue weighted by atomic mass is 16.3. The highest BCUT2D eigenvalue weighted by Crippen LogP contribution is 2.25. The van der Waals surface area contributed by atoms with Gasteiger partial charge in [0, 0.05) is 49.9 Å². The second-order valence-corrected chi connectivity index (χ2v) is 7.17. The van der Waals surface area contributed by atoms with Crippen molar-refractivity contribution in [2.75, 3.05) is 19.6 Å². The van der Waals surface area contributed by atoms with Gasteiger partial charge in [-0.25, -0.2) is 0 Å². The van der Waals surface area contributed by atoms with Gasteiger partial charge in [-0.05, 0) is 50.2 Å². The van der Waals surface area contributed by atoms with Gasteiger partial charge in [-0.15, -0.1) is 0 Å². The van der Waals surface area contributed by atoms with Crippen LogP contribution in [0.2, 0.25) is 0 Å². The zero-order valence-electron chi connectivity index (χ0n) is 15.8. The first-order chi connectivity index (χ1) is 13.3. The van der Waals surface area contributed by atoms with Crippen LogP contribution in [-0.4, -0.2) is 39.3 Å². The Balaban J connectivity index is 1.45. The molecule has 142 valence electrons. The molecular weight excluding hydrogens is 338 g/mol. The maximum atomic E-state index is 5.74. The molecule has 1 N–H and O–H groups in total. The van der Waals surface area contributed by atoms with Crippen LogP contribution in [0.5, 0.6) is 0 Å². The number of nitrogens with zero attached hydrogens (tertiary/aromatic N) is 4. The Morgan fingerprint density at radius 3 is 2.70 bits per heavy atom. The van der Waals surface area contributed by atoms with Crippen LogP contribution in [0.4, 0.5) is 0 Å². The summed E-state index contributed by atoms with van der Waals surface area (Å²) in [5.41, 5.74) is 3.31. The molecule has 0 radical (unpaired) electrons. The summed E-state index contributed by atoms with van der Waals surface area (Å²) in [6.45, 7) is 3.92. The lowest BCUT2D eigenvalue weighted by molar-refractivity contribution is 0.142. The SMILES string of the molecule is Cn1cc(CNCC(c2ccco2)N2CCCCC2)c(-c2ccncc2)n1. The predicted molar refractivity (Wildman–Crippen MR) is 105 cm³/mol. The minimum atomic E-state index is 0.279. The van der Waals surface area contributed by atoms with Crippen LogP contribution in [0, 0.1) is 0 Å². The van der Waals surface area contributed by atoms with Crippen LogP contribution in [-0.2, 0) is 13.6 Å². The molecule has 6 nitrogen and oxygen atoms in total. The number of pyridine rings is 1. The van der Waals surface area contributed by atoms with Gasteiger partial charge in [0.1, 0.15) is 5.76 Å². The van der Waals surface area contributed by atoms with Gasteiger partial charge in [0.2, 0.25) is 0 Å². The van der Waals surface area contributed by atoms with Gasteiger partial charge in [-0.2, -0.15) is 5.10 Å². The van der Waals surface area contributed by atoms with Gasteiger partial charge in [0.25, 0.3) is 0 Å². The third kappa shape index (κ3) is 4.28. The molecule has 1 aliphatic rings. The molecule has 0 bridgehead atoms. The molecule has 1 saturated heterocycles. The van der Waals surface area contributed by atoms with E-state index in [0.29, 0.717) is 0 Å². The van der Waals surface area contributed by atoms with Crippen molar-refractivity contribution in [1.29, 1.82) is 0 Å². The standard InChI is InChI=1S/C21H27N5O/c1-25-16-18(21(24-25)17-7-9-22-10-8-17)14-23-15-19(20-6-5-13-27-20)26-11-3-2-4-12-26/h5-10,13,16,19,23H,2-4,11-12,14-15H2,1H3. The van der Waals surface area contributed by atoms with E-state index in [4.69, 9.17) is 4.42 Å². The highest BCUT2D eigenvalue weighted by Gasteiger charge is 2.24. The Morgan fingerprint density at radius 1 is 1.15 bits per heavy atom. The number of piperidine rings is 1. The van der Waals surface area contributed by atoms with Crippen molar-refractivity contribution in [2.45, 2.75) is 31.8 Å². The fourth-order valence-electron chi connectivity index (χ4n) is 3.88. The Kier molecular flexibility index (Phi) is 5.65. The topological polar surface area (TPSA) is 59.1 Å². The van der Waals surface area contributed by atoms with E-state index >= 15 is 0 Å². The van der Waals surface area contributed by atoms with E-state index in [1.165, 1.54) is 24.8 Å². The van der Waals surface area contributed by atoms with Crippen LogP contribution in [0.1, 0.15) is 36.6 Å². The van der Waals surface area contributed by atoms with E-state index in [1.807, 2.05) is 42.3 Å². The van der Waals surface area contributed by atoms with E-state index in [-0.39, 0.29) is 6.04 Å². The lowest BCUT2D eigenvalue weighted by Crippen LogP contribution is -2.38. The summed E-state index contributed by atoms with van der Waals surface area (Å²) in [5.74, 6) is 1.05. The molecule has 0 spiro atoms. The average Bonchev–Trinajstić information content (AvgIpc) is 3.36. The van der Waals surface area contributed by atoms with E-state index < -0.39 is 0 Å². The molecule has 0 aromatic carbocycles. The molecule has 3 aromatic rings. The Morgan fingerprint density at radius 2 is 1.96 bits per heavy atom. The van der Waals surface area contributed by atoms with E-state index in [9.17, 15) is 0 Å². The van der Waals surface area contributed by atoms with Gasteiger partial charge in [0.05, 0.1) is 18.0 Å². The monoisotopic (exact) mass is 365 g/mol. The summed E-state index contributed by atoms with van der Waals surface area (Å²) < 4.78 is 7.62. The van der Waals surface area contributed by atoms with Gasteiger partial charge in [-0.1, -0.05) is 6.42 Å². The van der Waals surface area contributed by atoms with Crippen molar-refractivity contribution in [1.82, 2.24) is 25.0 Å². The molecule has 0 saturated carbocycles. The lowest BCUT2D eigenvalue weighted by atomic mass is 10.1. The third-order valence-electron chi connectivity index (χ3n) is 5.21. The Labute approximate surface area is 160 Å². The van der Waals surface area contributed by atoms with Gasteiger partial charge < -0.3 is 9.73 Å². The van der Waals surface area contributed by atoms with Crippen molar-refractivity contribution < 1.29 is 4.42 Å². The van der Waals surface area contributed by atoms with Crippen molar-refractivity contribution in [2.24, 2.45) is 7.05 Å². The summed E-state index contributed by atoms with van der Waals surface area (Å²) in [7, 11) is 1.97. The van der Waals surface area contributed by atoms with Crippen molar-refractivity contribution in [3.8, 4) is 11.3 Å². The van der Waals surface area contributed by atoms with Crippen LogP contribution in [0.25, 0.3) is 11.3 Å². The van der Waals surface area contributed by atoms with E-state index in [1.54, 1.807) is 6.26 Å². The maximum absolute atomic E-state index is 5.74. The molecule has 1 aliphatic heterocycles. The van der Waals surface area contributed by atoms with Crippen molar-refractivity contribution in [3.63, 3.8) is 0 Å². The van der Waals surface area contributed by atoms with E-state index in [2.05, 4.69) is 32.6 Å². The van der Waals surface area contributed by atoms with Crippen LogP contribution in [0.15, 0.2) is 53.5 Å². The fourth-order valence-corrected chi connectivity index (χ4v) is 3.88. The normalized spacial score (nSPS) is 16.5. The quantitative estimate of drug-likeness (QED) is 0.695. The van der Waals surface area contributed by atoms with Crippen molar-refractivity contribution in [3.05, 3.63) is 60.4 Å². The number of aryl methyl sites for hydroxylation is 1. The number of furan rings is 1. The first-order valence-electron chi connectivity index (χ1n) is 9.72. The summed E-state index contributed by atoms with van der Waals surface area (Å²) in [6, 6.07) is 8.36. The second kappa shape index (κ2) is 8.50. The van der Waals surface area contributed by atoms with Gasteiger partial charge in [0.15, 0.2) is 0 Å². The molecule has 0 aliphatic carbocycles. The molecule has 3 aromatic heterocycles. The number of hydrogen-bond acceptors (Lipinski definition) is 5. The molecule has 27 heavy (non-hydrogen) atoms. The number of hydrogen-bond donors (Lipinski definition) is 1. The second-order valence-electron chi connectivity index (χ2n) is 7.17.